The van der Waals surface area contributed by atoms with Crippen LogP contribution in [0.5, 0.6) is 5.75 Å². The molecule has 6 heteroatoms. The predicted octanol–water partition coefficient (Wildman–Crippen LogP) is 4.09. The summed E-state index contributed by atoms with van der Waals surface area (Å²) in [7, 11) is 0. The van der Waals surface area contributed by atoms with Crippen LogP contribution in [0.15, 0.2) is 48.5 Å². The molecule has 2 aromatic rings. The fourth-order valence-electron chi connectivity index (χ4n) is 3.70. The van der Waals surface area contributed by atoms with Crippen molar-refractivity contribution in [1.82, 2.24) is 15.5 Å². The lowest BCUT2D eigenvalue weighted by atomic mass is 10.1. The third-order valence-corrected chi connectivity index (χ3v) is 5.66. The Morgan fingerprint density at radius 2 is 1.84 bits per heavy atom. The third kappa shape index (κ3) is 7.56. The van der Waals surface area contributed by atoms with Gasteiger partial charge in [-0.05, 0) is 54.8 Å². The van der Waals surface area contributed by atoms with Crippen molar-refractivity contribution in [2.75, 3.05) is 26.3 Å². The van der Waals surface area contributed by atoms with E-state index in [1.165, 1.54) is 5.56 Å². The maximum Gasteiger partial charge on any atom is 0.315 e. The number of hydrogen-bond acceptors (Lipinski definition) is 4. The van der Waals surface area contributed by atoms with E-state index in [1.807, 2.05) is 30.3 Å². The summed E-state index contributed by atoms with van der Waals surface area (Å²) in [6.45, 7) is 9.60. The van der Waals surface area contributed by atoms with Crippen molar-refractivity contribution in [3.8, 4) is 5.75 Å². The summed E-state index contributed by atoms with van der Waals surface area (Å²) in [4.78, 5) is 14.7. The average Bonchev–Trinajstić information content (AvgIpc) is 3.33. The number of urea groups is 1. The Hall–Kier alpha value is -2.57. The smallest absolute Gasteiger partial charge is 0.315 e. The summed E-state index contributed by atoms with van der Waals surface area (Å²) in [6.07, 6.45) is 2.35. The predicted molar refractivity (Wildman–Crippen MR) is 123 cm³/mol. The molecule has 6 nitrogen and oxygen atoms in total. The minimum absolute atomic E-state index is 0.177. The van der Waals surface area contributed by atoms with Crippen LogP contribution in [0.1, 0.15) is 43.4 Å². The molecule has 2 amide bonds. The van der Waals surface area contributed by atoms with E-state index >= 15 is 0 Å². The Morgan fingerprint density at radius 3 is 2.58 bits per heavy atom. The molecule has 0 spiro atoms. The van der Waals surface area contributed by atoms with E-state index in [9.17, 15) is 4.79 Å². The molecule has 1 atom stereocenters. The van der Waals surface area contributed by atoms with E-state index in [-0.39, 0.29) is 12.1 Å². The topological polar surface area (TPSA) is 62.8 Å². The van der Waals surface area contributed by atoms with Gasteiger partial charge in [0, 0.05) is 26.2 Å². The molecule has 0 bridgehead atoms. The summed E-state index contributed by atoms with van der Waals surface area (Å²) >= 11 is 0. The van der Waals surface area contributed by atoms with E-state index in [4.69, 9.17) is 9.47 Å². The third-order valence-electron chi connectivity index (χ3n) is 5.66. The average molecular weight is 426 g/mol. The van der Waals surface area contributed by atoms with Gasteiger partial charge in [-0.3, -0.25) is 4.90 Å². The van der Waals surface area contributed by atoms with Crippen molar-refractivity contribution in [2.45, 2.75) is 52.4 Å². The van der Waals surface area contributed by atoms with Crippen molar-refractivity contribution >= 4 is 6.03 Å². The standard InChI is InChI=1S/C25H35N3O3/c1-3-28(4-2)18-22-11-6-5-10-21(22)17-27-25(29)26-16-20-9-7-12-23(15-20)31-19-24-13-8-14-30-24/h5-7,9-12,15,24H,3-4,8,13-14,16-19H2,1-2H3,(H2,26,27,29)/t24-/m0/s1. The summed E-state index contributed by atoms with van der Waals surface area (Å²) in [5.74, 6) is 0.806. The molecule has 0 unspecified atom stereocenters. The molecule has 2 N–H and O–H groups in total. The minimum atomic E-state index is -0.177. The summed E-state index contributed by atoms with van der Waals surface area (Å²) in [6, 6.07) is 15.9. The highest BCUT2D eigenvalue weighted by Gasteiger charge is 2.16. The molecule has 0 radical (unpaired) electrons. The molecular weight excluding hydrogens is 390 g/mol. The number of ether oxygens (including phenoxy) is 2. The Kier molecular flexibility index (Phi) is 9.18. The van der Waals surface area contributed by atoms with Gasteiger partial charge in [0.05, 0.1) is 6.10 Å². The number of rotatable bonds is 11. The van der Waals surface area contributed by atoms with Gasteiger partial charge >= 0.3 is 6.03 Å². The molecule has 1 aliphatic heterocycles. The first-order valence-electron chi connectivity index (χ1n) is 11.3. The highest BCUT2D eigenvalue weighted by Crippen LogP contribution is 2.17. The maximum atomic E-state index is 12.3. The van der Waals surface area contributed by atoms with Crippen LogP contribution < -0.4 is 15.4 Å². The number of nitrogens with one attached hydrogen (secondary N) is 2. The first-order valence-corrected chi connectivity index (χ1v) is 11.3. The molecule has 1 saturated heterocycles. The quantitative estimate of drug-likeness (QED) is 0.569. The number of carbonyl (C=O) groups is 1. The molecule has 3 rings (SSSR count). The largest absolute Gasteiger partial charge is 0.491 e. The zero-order chi connectivity index (χ0) is 21.9. The number of carbonyl (C=O) groups excluding carboxylic acids is 1. The van der Waals surface area contributed by atoms with Crippen LogP contribution in [0.4, 0.5) is 4.79 Å². The highest BCUT2D eigenvalue weighted by molar-refractivity contribution is 5.73. The van der Waals surface area contributed by atoms with Gasteiger partial charge < -0.3 is 20.1 Å². The second kappa shape index (κ2) is 12.3. The number of benzene rings is 2. The summed E-state index contributed by atoms with van der Waals surface area (Å²) < 4.78 is 11.4. The van der Waals surface area contributed by atoms with Crippen LogP contribution in [-0.2, 0) is 24.4 Å². The van der Waals surface area contributed by atoms with Gasteiger partial charge in [-0.1, -0.05) is 50.2 Å². The highest BCUT2D eigenvalue weighted by atomic mass is 16.5. The second-order valence-electron chi connectivity index (χ2n) is 7.86. The number of nitrogens with zero attached hydrogens (tertiary/aromatic N) is 1. The first kappa shape index (κ1) is 23.1. The van der Waals surface area contributed by atoms with E-state index in [1.54, 1.807) is 0 Å². The zero-order valence-corrected chi connectivity index (χ0v) is 18.7. The van der Waals surface area contributed by atoms with Gasteiger partial charge in [0.2, 0.25) is 0 Å². The van der Waals surface area contributed by atoms with Gasteiger partial charge in [0.25, 0.3) is 0 Å². The van der Waals surface area contributed by atoms with Crippen molar-refractivity contribution in [1.29, 1.82) is 0 Å². The first-order chi connectivity index (χ1) is 15.2. The van der Waals surface area contributed by atoms with E-state index < -0.39 is 0 Å². The lowest BCUT2D eigenvalue weighted by Crippen LogP contribution is -2.35. The van der Waals surface area contributed by atoms with Gasteiger partial charge in [-0.15, -0.1) is 0 Å². The molecule has 0 saturated carbocycles. The van der Waals surface area contributed by atoms with Crippen molar-refractivity contribution in [2.24, 2.45) is 0 Å². The lowest BCUT2D eigenvalue weighted by molar-refractivity contribution is 0.0679. The van der Waals surface area contributed by atoms with E-state index in [0.717, 1.165) is 56.0 Å². The summed E-state index contributed by atoms with van der Waals surface area (Å²) in [5.41, 5.74) is 3.40. The fraction of sp³-hybridized carbons (Fsp3) is 0.480. The molecule has 0 aliphatic carbocycles. The monoisotopic (exact) mass is 425 g/mol. The zero-order valence-electron chi connectivity index (χ0n) is 18.7. The molecule has 31 heavy (non-hydrogen) atoms. The molecule has 1 aliphatic rings. The van der Waals surface area contributed by atoms with Gasteiger partial charge in [0.15, 0.2) is 0 Å². The Labute approximate surface area is 185 Å². The van der Waals surface area contributed by atoms with Gasteiger partial charge in [-0.2, -0.15) is 0 Å². The molecular formula is C25H35N3O3. The minimum Gasteiger partial charge on any atom is -0.491 e. The Bertz CT molecular complexity index is 817. The maximum absolute atomic E-state index is 12.3. The number of hydrogen-bond donors (Lipinski definition) is 2. The van der Waals surface area contributed by atoms with Crippen LogP contribution in [-0.4, -0.2) is 43.3 Å². The van der Waals surface area contributed by atoms with E-state index in [2.05, 4.69) is 47.6 Å². The fourth-order valence-corrected chi connectivity index (χ4v) is 3.70. The van der Waals surface area contributed by atoms with Crippen LogP contribution in [0.25, 0.3) is 0 Å². The molecule has 0 aromatic heterocycles. The van der Waals surface area contributed by atoms with Crippen LogP contribution in [0.2, 0.25) is 0 Å². The summed E-state index contributed by atoms with van der Waals surface area (Å²) in [5, 5.41) is 5.91. The lowest BCUT2D eigenvalue weighted by Gasteiger charge is -2.20. The van der Waals surface area contributed by atoms with Gasteiger partial charge in [-0.25, -0.2) is 4.79 Å². The second-order valence-corrected chi connectivity index (χ2v) is 7.86. The number of amides is 2. The van der Waals surface area contributed by atoms with Crippen molar-refractivity contribution in [3.63, 3.8) is 0 Å². The Morgan fingerprint density at radius 1 is 1.06 bits per heavy atom. The van der Waals surface area contributed by atoms with Crippen LogP contribution in [0.3, 0.4) is 0 Å². The normalized spacial score (nSPS) is 15.8. The van der Waals surface area contributed by atoms with E-state index in [0.29, 0.717) is 19.7 Å². The van der Waals surface area contributed by atoms with Crippen LogP contribution >= 0.6 is 0 Å². The van der Waals surface area contributed by atoms with Gasteiger partial charge in [0.1, 0.15) is 12.4 Å². The molecule has 1 heterocycles. The Balaban J connectivity index is 1.45. The van der Waals surface area contributed by atoms with Crippen LogP contribution in [0, 0.1) is 0 Å². The molecule has 168 valence electrons. The molecule has 2 aromatic carbocycles. The van der Waals surface area contributed by atoms with Crippen molar-refractivity contribution in [3.05, 3.63) is 65.2 Å². The SMILES string of the molecule is CCN(CC)Cc1ccccc1CNC(=O)NCc1cccc(OC[C@@H]2CCCO2)c1. The molecule has 1 fully saturated rings. The van der Waals surface area contributed by atoms with Crippen molar-refractivity contribution < 1.29 is 14.3 Å².